The molecular formula is C36H24N2S. The summed E-state index contributed by atoms with van der Waals surface area (Å²) in [4.78, 5) is 2.37. The number of para-hydroxylation sites is 4. The molecule has 0 N–H and O–H groups in total. The minimum Gasteiger partial charge on any atom is -0.309 e. The van der Waals surface area contributed by atoms with Gasteiger partial charge in [0.25, 0.3) is 0 Å². The van der Waals surface area contributed by atoms with E-state index in [1.807, 2.05) is 11.3 Å². The Kier molecular flexibility index (Phi) is 5.04. The minimum atomic E-state index is 1.15. The van der Waals surface area contributed by atoms with Crippen molar-refractivity contribution in [2.75, 3.05) is 4.90 Å². The maximum absolute atomic E-state index is 2.40. The number of fused-ring (bicyclic) bond motifs is 6. The lowest BCUT2D eigenvalue weighted by molar-refractivity contribution is 1.19. The van der Waals surface area contributed by atoms with Crippen LogP contribution in [-0.4, -0.2) is 4.57 Å². The zero-order valence-electron chi connectivity index (χ0n) is 21.2. The largest absolute Gasteiger partial charge is 0.309 e. The van der Waals surface area contributed by atoms with Gasteiger partial charge >= 0.3 is 0 Å². The fourth-order valence-electron chi connectivity index (χ4n) is 5.87. The van der Waals surface area contributed by atoms with E-state index in [1.54, 1.807) is 0 Å². The molecule has 0 aliphatic carbocycles. The van der Waals surface area contributed by atoms with Crippen LogP contribution in [0.25, 0.3) is 47.7 Å². The lowest BCUT2D eigenvalue weighted by atomic mass is 10.1. The van der Waals surface area contributed by atoms with E-state index in [1.165, 1.54) is 53.4 Å². The Morgan fingerprint density at radius 2 is 1.03 bits per heavy atom. The first-order valence-electron chi connectivity index (χ1n) is 13.2. The number of aromatic nitrogens is 1. The summed E-state index contributed by atoms with van der Waals surface area (Å²) in [6, 6.07) is 52.3. The lowest BCUT2D eigenvalue weighted by Gasteiger charge is -2.25. The number of thiophene rings is 1. The third-order valence-electron chi connectivity index (χ3n) is 7.57. The second-order valence-electron chi connectivity index (χ2n) is 9.81. The summed E-state index contributed by atoms with van der Waals surface area (Å²) in [6.07, 6.45) is 0. The van der Waals surface area contributed by atoms with Crippen LogP contribution in [0.15, 0.2) is 146 Å². The number of hydrogen-bond donors (Lipinski definition) is 0. The van der Waals surface area contributed by atoms with E-state index in [9.17, 15) is 0 Å². The van der Waals surface area contributed by atoms with E-state index in [0.717, 1.165) is 11.4 Å². The molecular weight excluding hydrogens is 492 g/mol. The van der Waals surface area contributed by atoms with Crippen LogP contribution in [0.3, 0.4) is 0 Å². The number of anilines is 3. The van der Waals surface area contributed by atoms with E-state index in [-0.39, 0.29) is 0 Å². The monoisotopic (exact) mass is 516 g/mol. The molecule has 0 unspecified atom stereocenters. The Morgan fingerprint density at radius 1 is 0.462 bits per heavy atom. The highest BCUT2D eigenvalue weighted by molar-refractivity contribution is 7.26. The standard InChI is InChI=1S/C36H24N2S/c1-3-12-25(13-4-1)37(26-14-5-2-6-15-26)34-21-11-18-31-30-23-22-27(24-35(30)39-36(31)34)38-32-19-9-7-16-28(32)29-17-8-10-20-33(29)38/h1-24H. The summed E-state index contributed by atoms with van der Waals surface area (Å²) in [7, 11) is 0. The molecule has 0 aliphatic heterocycles. The third kappa shape index (κ3) is 3.48. The Labute approximate surface area is 230 Å². The van der Waals surface area contributed by atoms with Gasteiger partial charge in [0.1, 0.15) is 0 Å². The first-order chi connectivity index (χ1) is 19.4. The van der Waals surface area contributed by atoms with Crippen LogP contribution in [0.2, 0.25) is 0 Å². The average molecular weight is 517 g/mol. The quantitative estimate of drug-likeness (QED) is 0.226. The molecule has 8 aromatic rings. The van der Waals surface area contributed by atoms with Crippen molar-refractivity contribution in [2.24, 2.45) is 0 Å². The number of hydrogen-bond acceptors (Lipinski definition) is 2. The maximum atomic E-state index is 2.40. The predicted octanol–water partition coefficient (Wildman–Crippen LogP) is 10.6. The third-order valence-corrected chi connectivity index (χ3v) is 8.76. The van der Waals surface area contributed by atoms with Crippen molar-refractivity contribution in [3.05, 3.63) is 146 Å². The molecule has 39 heavy (non-hydrogen) atoms. The van der Waals surface area contributed by atoms with Crippen molar-refractivity contribution in [3.63, 3.8) is 0 Å². The van der Waals surface area contributed by atoms with Gasteiger partial charge < -0.3 is 9.47 Å². The lowest BCUT2D eigenvalue weighted by Crippen LogP contribution is -2.09. The zero-order chi connectivity index (χ0) is 25.8. The van der Waals surface area contributed by atoms with Crippen molar-refractivity contribution in [3.8, 4) is 5.69 Å². The summed E-state index contributed by atoms with van der Waals surface area (Å²) in [5, 5.41) is 5.15. The molecule has 3 heteroatoms. The maximum Gasteiger partial charge on any atom is 0.0640 e. The highest BCUT2D eigenvalue weighted by Gasteiger charge is 2.18. The van der Waals surface area contributed by atoms with E-state index in [0.29, 0.717) is 0 Å². The van der Waals surface area contributed by atoms with Gasteiger partial charge in [-0.05, 0) is 54.6 Å². The molecule has 2 nitrogen and oxygen atoms in total. The first kappa shape index (κ1) is 22.2. The average Bonchev–Trinajstić information content (AvgIpc) is 3.54. The van der Waals surface area contributed by atoms with Crippen LogP contribution in [0.1, 0.15) is 0 Å². The molecule has 2 aromatic heterocycles. The van der Waals surface area contributed by atoms with Crippen LogP contribution < -0.4 is 4.90 Å². The van der Waals surface area contributed by atoms with Crippen LogP contribution >= 0.6 is 11.3 Å². The van der Waals surface area contributed by atoms with Gasteiger partial charge in [0.05, 0.1) is 21.4 Å². The Morgan fingerprint density at radius 3 is 1.67 bits per heavy atom. The topological polar surface area (TPSA) is 8.17 Å². The Bertz CT molecular complexity index is 2030. The number of nitrogens with zero attached hydrogens (tertiary/aromatic N) is 2. The van der Waals surface area contributed by atoms with Crippen molar-refractivity contribution >= 4 is 70.4 Å². The molecule has 0 bridgehead atoms. The molecule has 184 valence electrons. The summed E-state index contributed by atoms with van der Waals surface area (Å²) in [5.41, 5.74) is 7.16. The van der Waals surface area contributed by atoms with Gasteiger partial charge in [-0.2, -0.15) is 0 Å². The van der Waals surface area contributed by atoms with E-state index in [4.69, 9.17) is 0 Å². The Balaban J connectivity index is 1.37. The highest BCUT2D eigenvalue weighted by atomic mass is 32.1. The molecule has 0 radical (unpaired) electrons. The second kappa shape index (κ2) is 8.87. The zero-order valence-corrected chi connectivity index (χ0v) is 22.0. The molecule has 0 fully saturated rings. The van der Waals surface area contributed by atoms with Gasteiger partial charge in [0, 0.05) is 43.3 Å². The SMILES string of the molecule is c1ccc(N(c2ccccc2)c2cccc3c2sc2cc(-n4c5ccccc5c5ccccc54)ccc23)cc1. The molecule has 2 heterocycles. The van der Waals surface area contributed by atoms with Crippen LogP contribution in [0.5, 0.6) is 0 Å². The van der Waals surface area contributed by atoms with Crippen molar-refractivity contribution in [1.29, 1.82) is 0 Å². The fourth-order valence-corrected chi connectivity index (χ4v) is 7.11. The highest BCUT2D eigenvalue weighted by Crippen LogP contribution is 2.45. The van der Waals surface area contributed by atoms with Gasteiger partial charge in [-0.15, -0.1) is 11.3 Å². The van der Waals surface area contributed by atoms with Gasteiger partial charge in [0.15, 0.2) is 0 Å². The molecule has 0 atom stereocenters. The van der Waals surface area contributed by atoms with Gasteiger partial charge in [-0.3, -0.25) is 0 Å². The molecule has 0 amide bonds. The first-order valence-corrected chi connectivity index (χ1v) is 14.0. The Hall–Kier alpha value is -4.86. The van der Waals surface area contributed by atoms with Crippen molar-refractivity contribution in [2.45, 2.75) is 0 Å². The number of benzene rings is 6. The van der Waals surface area contributed by atoms with Gasteiger partial charge in [-0.1, -0.05) is 91.0 Å². The molecule has 0 aliphatic rings. The predicted molar refractivity (Wildman–Crippen MR) is 168 cm³/mol. The summed E-state index contributed by atoms with van der Waals surface area (Å²) in [5.74, 6) is 0. The van der Waals surface area contributed by atoms with E-state index >= 15 is 0 Å². The molecule has 0 saturated heterocycles. The smallest absolute Gasteiger partial charge is 0.0640 e. The molecule has 0 saturated carbocycles. The second-order valence-corrected chi connectivity index (χ2v) is 10.9. The fraction of sp³-hybridized carbons (Fsp3) is 0. The van der Waals surface area contributed by atoms with Crippen LogP contribution in [0, 0.1) is 0 Å². The summed E-state index contributed by atoms with van der Waals surface area (Å²) in [6.45, 7) is 0. The normalized spacial score (nSPS) is 11.6. The van der Waals surface area contributed by atoms with Crippen LogP contribution in [-0.2, 0) is 0 Å². The summed E-state index contributed by atoms with van der Waals surface area (Å²) < 4.78 is 4.98. The molecule has 6 aromatic carbocycles. The van der Waals surface area contributed by atoms with E-state index < -0.39 is 0 Å². The summed E-state index contributed by atoms with van der Waals surface area (Å²) >= 11 is 1.87. The van der Waals surface area contributed by atoms with Gasteiger partial charge in [0.2, 0.25) is 0 Å². The molecule has 0 spiro atoms. The van der Waals surface area contributed by atoms with Gasteiger partial charge in [-0.25, -0.2) is 0 Å². The van der Waals surface area contributed by atoms with Crippen molar-refractivity contribution < 1.29 is 0 Å². The molecule has 8 rings (SSSR count). The van der Waals surface area contributed by atoms with E-state index in [2.05, 4.69) is 155 Å². The van der Waals surface area contributed by atoms with Crippen LogP contribution in [0.4, 0.5) is 17.1 Å². The minimum absolute atomic E-state index is 1.15. The van der Waals surface area contributed by atoms with Crippen molar-refractivity contribution in [1.82, 2.24) is 4.57 Å². The number of rotatable bonds is 4.